The van der Waals surface area contributed by atoms with Crippen molar-refractivity contribution in [3.8, 4) is 0 Å². The van der Waals surface area contributed by atoms with Gasteiger partial charge in [-0.2, -0.15) is 0 Å². The third kappa shape index (κ3) is 4.02. The zero-order valence-electron chi connectivity index (χ0n) is 18.5. The minimum Gasteiger partial charge on any atom is -0.365 e. The summed E-state index contributed by atoms with van der Waals surface area (Å²) in [5.41, 5.74) is 1.97. The van der Waals surface area contributed by atoms with Crippen LogP contribution in [0.4, 0.5) is 5.82 Å². The maximum atomic E-state index is 13.0. The first-order valence-electron chi connectivity index (χ1n) is 11.1. The van der Waals surface area contributed by atoms with Gasteiger partial charge in [-0.15, -0.1) is 0 Å². The summed E-state index contributed by atoms with van der Waals surface area (Å²) in [7, 11) is 0. The van der Waals surface area contributed by atoms with Gasteiger partial charge < -0.3 is 15.1 Å². The molecule has 0 radical (unpaired) electrons. The SMILES string of the molecule is CCN1CC(C(=O)N2CCC(c3nc4ccccn4c3NC(C)(C)C)CC2)CC1=O. The highest BCUT2D eigenvalue weighted by molar-refractivity contribution is 5.89. The van der Waals surface area contributed by atoms with Gasteiger partial charge in [0, 0.05) is 50.3 Å². The number of hydrogen-bond donors (Lipinski definition) is 1. The first-order valence-corrected chi connectivity index (χ1v) is 11.1. The molecule has 0 aromatic carbocycles. The molecule has 0 aliphatic carbocycles. The maximum Gasteiger partial charge on any atom is 0.227 e. The van der Waals surface area contributed by atoms with E-state index in [1.807, 2.05) is 30.0 Å². The Hall–Kier alpha value is -2.57. The van der Waals surface area contributed by atoms with Crippen LogP contribution in [0.25, 0.3) is 5.65 Å². The van der Waals surface area contributed by atoms with Crippen LogP contribution in [0.1, 0.15) is 58.6 Å². The molecule has 7 nitrogen and oxygen atoms in total. The first kappa shape index (κ1) is 20.7. The third-order valence-electron chi connectivity index (χ3n) is 6.19. The van der Waals surface area contributed by atoms with Crippen molar-refractivity contribution in [2.24, 2.45) is 5.92 Å². The molecule has 1 atom stereocenters. The summed E-state index contributed by atoms with van der Waals surface area (Å²) in [5, 5.41) is 3.64. The number of anilines is 1. The van der Waals surface area contributed by atoms with E-state index in [9.17, 15) is 9.59 Å². The molecule has 4 heterocycles. The predicted molar refractivity (Wildman–Crippen MR) is 117 cm³/mol. The molecule has 30 heavy (non-hydrogen) atoms. The van der Waals surface area contributed by atoms with Crippen LogP contribution in [-0.2, 0) is 9.59 Å². The molecule has 2 aliphatic rings. The van der Waals surface area contributed by atoms with E-state index in [2.05, 4.69) is 36.7 Å². The van der Waals surface area contributed by atoms with Crippen LogP contribution in [0.15, 0.2) is 24.4 Å². The van der Waals surface area contributed by atoms with Crippen LogP contribution in [0, 0.1) is 5.92 Å². The summed E-state index contributed by atoms with van der Waals surface area (Å²) in [5.74, 6) is 1.44. The average molecular weight is 412 g/mol. The number of rotatable bonds is 4. The van der Waals surface area contributed by atoms with Crippen molar-refractivity contribution in [3.05, 3.63) is 30.1 Å². The largest absolute Gasteiger partial charge is 0.365 e. The van der Waals surface area contributed by atoms with Crippen molar-refractivity contribution in [1.82, 2.24) is 19.2 Å². The maximum absolute atomic E-state index is 13.0. The molecule has 4 rings (SSSR count). The minimum atomic E-state index is -0.178. The number of nitrogens with one attached hydrogen (secondary N) is 1. The lowest BCUT2D eigenvalue weighted by Gasteiger charge is -2.33. The van der Waals surface area contributed by atoms with Crippen molar-refractivity contribution in [2.45, 2.75) is 58.4 Å². The fourth-order valence-electron chi connectivity index (χ4n) is 4.65. The Balaban J connectivity index is 1.48. The van der Waals surface area contributed by atoms with Gasteiger partial charge in [-0.1, -0.05) is 6.07 Å². The monoisotopic (exact) mass is 411 g/mol. The molecule has 1 N–H and O–H groups in total. The van der Waals surface area contributed by atoms with Crippen molar-refractivity contribution >= 4 is 23.3 Å². The molecule has 7 heteroatoms. The third-order valence-corrected chi connectivity index (χ3v) is 6.19. The van der Waals surface area contributed by atoms with E-state index in [0.29, 0.717) is 25.4 Å². The Morgan fingerprint density at radius 2 is 1.97 bits per heavy atom. The van der Waals surface area contributed by atoms with Gasteiger partial charge in [-0.05, 0) is 52.7 Å². The quantitative estimate of drug-likeness (QED) is 0.839. The Morgan fingerprint density at radius 3 is 2.60 bits per heavy atom. The molecular weight excluding hydrogens is 378 g/mol. The standard InChI is InChI=1S/C23H33N5O2/c1-5-26-15-17(14-19(26)29)22(30)27-12-9-16(10-13-27)20-21(25-23(2,3)4)28-11-7-6-8-18(28)24-20/h6-8,11,16-17,25H,5,9-10,12-15H2,1-4H3. The van der Waals surface area contributed by atoms with Crippen molar-refractivity contribution < 1.29 is 9.59 Å². The molecule has 2 aromatic rings. The number of carbonyl (C=O) groups excluding carboxylic acids is 2. The fraction of sp³-hybridized carbons (Fsp3) is 0.609. The number of fused-ring (bicyclic) bond motifs is 1. The van der Waals surface area contributed by atoms with E-state index in [-0.39, 0.29) is 23.3 Å². The number of hydrogen-bond acceptors (Lipinski definition) is 4. The molecule has 0 saturated carbocycles. The van der Waals surface area contributed by atoms with Gasteiger partial charge in [0.25, 0.3) is 0 Å². The zero-order valence-corrected chi connectivity index (χ0v) is 18.5. The van der Waals surface area contributed by atoms with Gasteiger partial charge in [-0.3, -0.25) is 14.0 Å². The molecule has 2 saturated heterocycles. The second-order valence-corrected chi connectivity index (χ2v) is 9.58. The van der Waals surface area contributed by atoms with Crippen LogP contribution in [0.2, 0.25) is 0 Å². The number of carbonyl (C=O) groups is 2. The Kier molecular flexibility index (Phi) is 5.47. The second kappa shape index (κ2) is 7.93. The normalized spacial score (nSPS) is 20.9. The lowest BCUT2D eigenvalue weighted by Crippen LogP contribution is -2.42. The van der Waals surface area contributed by atoms with Gasteiger partial charge in [0.1, 0.15) is 11.5 Å². The molecule has 2 aromatic heterocycles. The summed E-state index contributed by atoms with van der Waals surface area (Å²) in [6.45, 7) is 11.1. The first-order chi connectivity index (χ1) is 14.3. The molecule has 162 valence electrons. The Morgan fingerprint density at radius 1 is 1.23 bits per heavy atom. The molecule has 0 bridgehead atoms. The summed E-state index contributed by atoms with van der Waals surface area (Å²) < 4.78 is 2.13. The Bertz CT molecular complexity index is 937. The Labute approximate surface area is 178 Å². The van der Waals surface area contributed by atoms with E-state index in [0.717, 1.165) is 43.1 Å². The predicted octanol–water partition coefficient (Wildman–Crippen LogP) is 3.12. The molecule has 2 aliphatic heterocycles. The van der Waals surface area contributed by atoms with Crippen molar-refractivity contribution in [2.75, 3.05) is 31.5 Å². The second-order valence-electron chi connectivity index (χ2n) is 9.58. The number of imidazole rings is 1. The van der Waals surface area contributed by atoms with Crippen LogP contribution in [0.5, 0.6) is 0 Å². The number of nitrogens with zero attached hydrogens (tertiary/aromatic N) is 4. The number of likely N-dealkylation sites (tertiary alicyclic amines) is 2. The summed E-state index contributed by atoms with van der Waals surface area (Å²) >= 11 is 0. The molecule has 0 spiro atoms. The smallest absolute Gasteiger partial charge is 0.227 e. The van der Waals surface area contributed by atoms with Crippen LogP contribution in [-0.4, -0.2) is 62.7 Å². The molecule has 1 unspecified atom stereocenters. The van der Waals surface area contributed by atoms with Crippen molar-refractivity contribution in [3.63, 3.8) is 0 Å². The highest BCUT2D eigenvalue weighted by Crippen LogP contribution is 2.35. The average Bonchev–Trinajstić information content (AvgIpc) is 3.27. The van der Waals surface area contributed by atoms with E-state index >= 15 is 0 Å². The topological polar surface area (TPSA) is 70.0 Å². The minimum absolute atomic E-state index is 0.0720. The van der Waals surface area contributed by atoms with Crippen LogP contribution >= 0.6 is 0 Å². The molecular formula is C23H33N5O2. The highest BCUT2D eigenvalue weighted by Gasteiger charge is 2.37. The fourth-order valence-corrected chi connectivity index (χ4v) is 4.65. The van der Waals surface area contributed by atoms with E-state index in [4.69, 9.17) is 4.98 Å². The summed E-state index contributed by atoms with van der Waals surface area (Å²) in [6.07, 6.45) is 4.20. The van der Waals surface area contributed by atoms with Crippen molar-refractivity contribution in [1.29, 1.82) is 0 Å². The van der Waals surface area contributed by atoms with Gasteiger partial charge in [-0.25, -0.2) is 4.98 Å². The number of amides is 2. The van der Waals surface area contributed by atoms with E-state index in [1.54, 1.807) is 4.90 Å². The van der Waals surface area contributed by atoms with Gasteiger partial charge >= 0.3 is 0 Å². The number of piperidine rings is 1. The lowest BCUT2D eigenvalue weighted by atomic mass is 9.92. The zero-order chi connectivity index (χ0) is 21.5. The lowest BCUT2D eigenvalue weighted by molar-refractivity contribution is -0.136. The number of aromatic nitrogens is 2. The summed E-state index contributed by atoms with van der Waals surface area (Å²) in [6, 6.07) is 6.07. The number of pyridine rings is 1. The van der Waals surface area contributed by atoms with E-state index < -0.39 is 0 Å². The van der Waals surface area contributed by atoms with Crippen LogP contribution < -0.4 is 5.32 Å². The van der Waals surface area contributed by atoms with Gasteiger partial charge in [0.05, 0.1) is 11.6 Å². The summed E-state index contributed by atoms with van der Waals surface area (Å²) in [4.78, 5) is 33.7. The highest BCUT2D eigenvalue weighted by atomic mass is 16.2. The van der Waals surface area contributed by atoms with Gasteiger partial charge in [0.15, 0.2) is 0 Å². The molecule has 2 amide bonds. The van der Waals surface area contributed by atoms with Gasteiger partial charge in [0.2, 0.25) is 11.8 Å². The van der Waals surface area contributed by atoms with E-state index in [1.165, 1.54) is 0 Å². The van der Waals surface area contributed by atoms with Crippen LogP contribution in [0.3, 0.4) is 0 Å². The molecule has 2 fully saturated rings.